The lowest BCUT2D eigenvalue weighted by Gasteiger charge is -2.30. The normalized spacial score (nSPS) is 23.8. The molecule has 1 N–H and O–H groups in total. The van der Waals surface area contributed by atoms with Gasteiger partial charge in [-0.1, -0.05) is 19.8 Å². The third-order valence-electron chi connectivity index (χ3n) is 5.07. The van der Waals surface area contributed by atoms with E-state index in [-0.39, 0.29) is 15.8 Å². The molecule has 2 aliphatic rings. The van der Waals surface area contributed by atoms with E-state index in [1.54, 1.807) is 0 Å². The van der Waals surface area contributed by atoms with Crippen LogP contribution in [0.4, 0.5) is 0 Å². The monoisotopic (exact) mass is 386 g/mol. The second-order valence-corrected chi connectivity index (χ2v) is 10.8. The SMILES string of the molecule is C[C@@H]1CCCN(S(=O)(=O)c2ccc(S(=O)(=O)NC3CCCC3)cc2)C1. The molecule has 1 aromatic rings. The molecule has 0 bridgehead atoms. The highest BCUT2D eigenvalue weighted by atomic mass is 32.2. The predicted octanol–water partition coefficient (Wildman–Crippen LogP) is 2.33. The van der Waals surface area contributed by atoms with Crippen LogP contribution in [0.25, 0.3) is 0 Å². The summed E-state index contributed by atoms with van der Waals surface area (Å²) in [6, 6.07) is 5.56. The lowest BCUT2D eigenvalue weighted by atomic mass is 10.0. The van der Waals surface area contributed by atoms with Crippen molar-refractivity contribution in [3.63, 3.8) is 0 Å². The highest BCUT2D eigenvalue weighted by molar-refractivity contribution is 7.89. The largest absolute Gasteiger partial charge is 0.243 e. The fourth-order valence-electron chi connectivity index (χ4n) is 3.64. The maximum atomic E-state index is 12.7. The van der Waals surface area contributed by atoms with Crippen molar-refractivity contribution < 1.29 is 16.8 Å². The minimum Gasteiger partial charge on any atom is -0.208 e. The van der Waals surface area contributed by atoms with Crippen molar-refractivity contribution in [3.05, 3.63) is 24.3 Å². The number of hydrogen-bond donors (Lipinski definition) is 1. The van der Waals surface area contributed by atoms with Crippen LogP contribution in [0.2, 0.25) is 0 Å². The second-order valence-electron chi connectivity index (χ2n) is 7.18. The lowest BCUT2D eigenvalue weighted by Crippen LogP contribution is -2.39. The number of nitrogens with zero attached hydrogens (tertiary/aromatic N) is 1. The summed E-state index contributed by atoms with van der Waals surface area (Å²) in [4.78, 5) is 0.270. The zero-order chi connectivity index (χ0) is 18.1. The summed E-state index contributed by atoms with van der Waals surface area (Å²) in [5.41, 5.74) is 0. The second kappa shape index (κ2) is 7.34. The standard InChI is InChI=1S/C17H26N2O4S2/c1-14-5-4-12-19(13-14)25(22,23)17-10-8-16(9-11-17)24(20,21)18-15-6-2-3-7-15/h8-11,14-15,18H,2-7,12-13H2,1H3/t14-/m1/s1. The van der Waals surface area contributed by atoms with E-state index in [9.17, 15) is 16.8 Å². The maximum Gasteiger partial charge on any atom is 0.243 e. The van der Waals surface area contributed by atoms with Gasteiger partial charge in [0.05, 0.1) is 9.79 Å². The lowest BCUT2D eigenvalue weighted by molar-refractivity contribution is 0.281. The van der Waals surface area contributed by atoms with Crippen molar-refractivity contribution in [1.82, 2.24) is 9.03 Å². The van der Waals surface area contributed by atoms with Crippen LogP contribution in [0.3, 0.4) is 0 Å². The van der Waals surface area contributed by atoms with E-state index in [1.807, 2.05) is 6.92 Å². The molecule has 3 rings (SSSR count). The van der Waals surface area contributed by atoms with Crippen molar-refractivity contribution in [3.8, 4) is 0 Å². The molecule has 25 heavy (non-hydrogen) atoms. The number of hydrogen-bond acceptors (Lipinski definition) is 4. The summed E-state index contributed by atoms with van der Waals surface area (Å²) < 4.78 is 54.5. The molecule has 0 aromatic heterocycles. The molecule has 0 unspecified atom stereocenters. The summed E-state index contributed by atoms with van der Waals surface area (Å²) in [6.45, 7) is 3.09. The highest BCUT2D eigenvalue weighted by Crippen LogP contribution is 2.25. The van der Waals surface area contributed by atoms with Gasteiger partial charge in [-0.05, 0) is 55.9 Å². The Balaban J connectivity index is 1.77. The Kier molecular flexibility index (Phi) is 5.53. The molecule has 2 fully saturated rings. The van der Waals surface area contributed by atoms with Crippen molar-refractivity contribution in [2.75, 3.05) is 13.1 Å². The Labute approximate surface area is 150 Å². The Hall–Kier alpha value is -0.960. The number of piperidine rings is 1. The van der Waals surface area contributed by atoms with E-state index in [0.717, 1.165) is 38.5 Å². The van der Waals surface area contributed by atoms with E-state index >= 15 is 0 Å². The summed E-state index contributed by atoms with van der Waals surface area (Å²) >= 11 is 0. The van der Waals surface area contributed by atoms with Gasteiger partial charge < -0.3 is 0 Å². The van der Waals surface area contributed by atoms with Gasteiger partial charge in [0.15, 0.2) is 0 Å². The van der Waals surface area contributed by atoms with Gasteiger partial charge in [0, 0.05) is 19.1 Å². The maximum absolute atomic E-state index is 12.7. The van der Waals surface area contributed by atoms with Crippen LogP contribution in [0.15, 0.2) is 34.1 Å². The Morgan fingerprint density at radius 1 is 0.920 bits per heavy atom. The first-order valence-electron chi connectivity index (χ1n) is 8.91. The first kappa shape index (κ1) is 18.8. The number of rotatable bonds is 5. The van der Waals surface area contributed by atoms with E-state index in [1.165, 1.54) is 28.6 Å². The third kappa shape index (κ3) is 4.24. The van der Waals surface area contributed by atoms with Gasteiger partial charge in [-0.3, -0.25) is 0 Å². The molecule has 1 aromatic carbocycles. The molecule has 1 aliphatic carbocycles. The van der Waals surface area contributed by atoms with Crippen molar-refractivity contribution >= 4 is 20.0 Å². The Morgan fingerprint density at radius 3 is 2.12 bits per heavy atom. The fourth-order valence-corrected chi connectivity index (χ4v) is 6.54. The summed E-state index contributed by atoms with van der Waals surface area (Å²) in [5, 5.41) is 0. The molecule has 1 aliphatic heterocycles. The fraction of sp³-hybridized carbons (Fsp3) is 0.647. The summed E-state index contributed by atoms with van der Waals surface area (Å²) in [6.07, 6.45) is 5.70. The average Bonchev–Trinajstić information content (AvgIpc) is 3.07. The van der Waals surface area contributed by atoms with E-state index in [0.29, 0.717) is 19.0 Å². The predicted molar refractivity (Wildman–Crippen MR) is 96.2 cm³/mol. The Morgan fingerprint density at radius 2 is 1.52 bits per heavy atom. The van der Waals surface area contributed by atoms with Gasteiger partial charge in [0.1, 0.15) is 0 Å². The quantitative estimate of drug-likeness (QED) is 0.842. The van der Waals surface area contributed by atoms with Crippen LogP contribution in [-0.4, -0.2) is 40.3 Å². The van der Waals surface area contributed by atoms with Gasteiger partial charge in [-0.25, -0.2) is 21.6 Å². The van der Waals surface area contributed by atoms with E-state index in [4.69, 9.17) is 0 Å². The number of sulfonamides is 2. The molecule has 1 heterocycles. The first-order chi connectivity index (χ1) is 11.8. The molecule has 1 atom stereocenters. The zero-order valence-corrected chi connectivity index (χ0v) is 16.2. The molecule has 0 radical (unpaired) electrons. The van der Waals surface area contributed by atoms with Crippen LogP contribution in [0.1, 0.15) is 45.4 Å². The minimum absolute atomic E-state index is 0.0109. The van der Waals surface area contributed by atoms with Crippen LogP contribution in [-0.2, 0) is 20.0 Å². The molecular weight excluding hydrogens is 360 g/mol. The molecular formula is C17H26N2O4S2. The van der Waals surface area contributed by atoms with Gasteiger partial charge in [0.25, 0.3) is 0 Å². The number of nitrogens with one attached hydrogen (secondary N) is 1. The van der Waals surface area contributed by atoms with E-state index < -0.39 is 20.0 Å². The van der Waals surface area contributed by atoms with Gasteiger partial charge in [0.2, 0.25) is 20.0 Å². The minimum atomic E-state index is -3.60. The van der Waals surface area contributed by atoms with Crippen molar-refractivity contribution in [2.45, 2.75) is 61.3 Å². The summed E-state index contributed by atoms with van der Waals surface area (Å²) in [5.74, 6) is 0.346. The molecule has 0 amide bonds. The molecule has 6 nitrogen and oxygen atoms in total. The van der Waals surface area contributed by atoms with Crippen molar-refractivity contribution in [2.24, 2.45) is 5.92 Å². The van der Waals surface area contributed by atoms with Gasteiger partial charge >= 0.3 is 0 Å². The third-order valence-corrected chi connectivity index (χ3v) is 8.48. The molecule has 140 valence electrons. The van der Waals surface area contributed by atoms with Crippen LogP contribution < -0.4 is 4.72 Å². The molecule has 0 spiro atoms. The van der Waals surface area contributed by atoms with Crippen LogP contribution in [0, 0.1) is 5.92 Å². The molecule has 8 heteroatoms. The highest BCUT2D eigenvalue weighted by Gasteiger charge is 2.29. The average molecular weight is 387 g/mol. The zero-order valence-electron chi connectivity index (χ0n) is 14.5. The molecule has 1 saturated carbocycles. The molecule has 1 saturated heterocycles. The number of benzene rings is 1. The topological polar surface area (TPSA) is 83.6 Å². The van der Waals surface area contributed by atoms with Crippen molar-refractivity contribution in [1.29, 1.82) is 0 Å². The first-order valence-corrected chi connectivity index (χ1v) is 11.8. The van der Waals surface area contributed by atoms with Gasteiger partial charge in [-0.15, -0.1) is 0 Å². The van der Waals surface area contributed by atoms with E-state index in [2.05, 4.69) is 4.72 Å². The smallest absolute Gasteiger partial charge is 0.208 e. The summed E-state index contributed by atoms with van der Waals surface area (Å²) in [7, 11) is -7.16. The van der Waals surface area contributed by atoms with Gasteiger partial charge in [-0.2, -0.15) is 4.31 Å². The Bertz CT molecular complexity index is 798. The van der Waals surface area contributed by atoms with Crippen LogP contribution in [0.5, 0.6) is 0 Å². The van der Waals surface area contributed by atoms with Crippen LogP contribution >= 0.6 is 0 Å².